The van der Waals surface area contributed by atoms with E-state index in [1.807, 2.05) is 25.1 Å². The predicted octanol–water partition coefficient (Wildman–Crippen LogP) is 2.65. The summed E-state index contributed by atoms with van der Waals surface area (Å²) in [5, 5.41) is 4.02. The molecule has 1 aromatic carbocycles. The fourth-order valence-electron chi connectivity index (χ4n) is 2.29. The SMILES string of the molecule is COC[C@H](Oc1ccc(C)cc1Cl)[C@H]1CCNC1. The van der Waals surface area contributed by atoms with Crippen LogP contribution in [0.25, 0.3) is 0 Å². The Hall–Kier alpha value is -0.770. The van der Waals surface area contributed by atoms with Gasteiger partial charge in [-0.15, -0.1) is 0 Å². The molecule has 1 fully saturated rings. The van der Waals surface area contributed by atoms with Gasteiger partial charge in [-0.05, 0) is 37.6 Å². The number of aryl methyl sites for hydroxylation is 1. The van der Waals surface area contributed by atoms with E-state index in [1.165, 1.54) is 0 Å². The van der Waals surface area contributed by atoms with Crippen molar-refractivity contribution in [2.75, 3.05) is 26.8 Å². The van der Waals surface area contributed by atoms with Gasteiger partial charge in [-0.1, -0.05) is 17.7 Å². The highest BCUT2D eigenvalue weighted by atomic mass is 35.5. The molecule has 2 rings (SSSR count). The molecular formula is C14H20ClNO2. The standard InChI is InChI=1S/C14H20ClNO2/c1-10-3-4-13(12(15)7-10)18-14(9-17-2)11-5-6-16-8-11/h3-4,7,11,14,16H,5-6,8-9H2,1-2H3/t11-,14-/m0/s1. The van der Waals surface area contributed by atoms with Crippen LogP contribution < -0.4 is 10.1 Å². The van der Waals surface area contributed by atoms with Gasteiger partial charge in [0, 0.05) is 19.6 Å². The highest BCUT2D eigenvalue weighted by Crippen LogP contribution is 2.28. The summed E-state index contributed by atoms with van der Waals surface area (Å²) in [5.41, 5.74) is 1.14. The van der Waals surface area contributed by atoms with E-state index in [9.17, 15) is 0 Å². The summed E-state index contributed by atoms with van der Waals surface area (Å²) in [7, 11) is 1.70. The maximum Gasteiger partial charge on any atom is 0.138 e. The first-order valence-corrected chi connectivity index (χ1v) is 6.71. The van der Waals surface area contributed by atoms with E-state index in [0.29, 0.717) is 17.5 Å². The third-order valence-corrected chi connectivity index (χ3v) is 3.62. The van der Waals surface area contributed by atoms with Gasteiger partial charge in [-0.2, -0.15) is 0 Å². The molecule has 1 N–H and O–H groups in total. The number of rotatable bonds is 5. The van der Waals surface area contributed by atoms with Gasteiger partial charge in [0.2, 0.25) is 0 Å². The van der Waals surface area contributed by atoms with Crippen molar-refractivity contribution in [1.82, 2.24) is 5.32 Å². The van der Waals surface area contributed by atoms with Crippen LogP contribution in [0.2, 0.25) is 5.02 Å². The minimum atomic E-state index is 0.0604. The largest absolute Gasteiger partial charge is 0.486 e. The van der Waals surface area contributed by atoms with Crippen LogP contribution >= 0.6 is 11.6 Å². The van der Waals surface area contributed by atoms with E-state index < -0.39 is 0 Å². The Morgan fingerprint density at radius 1 is 1.50 bits per heavy atom. The number of halogens is 1. The van der Waals surface area contributed by atoms with Gasteiger partial charge in [0.25, 0.3) is 0 Å². The molecule has 3 nitrogen and oxygen atoms in total. The lowest BCUT2D eigenvalue weighted by atomic mass is 10.0. The summed E-state index contributed by atoms with van der Waals surface area (Å²) >= 11 is 6.20. The lowest BCUT2D eigenvalue weighted by Crippen LogP contribution is -2.33. The first-order chi connectivity index (χ1) is 8.70. The Morgan fingerprint density at radius 3 is 2.94 bits per heavy atom. The normalized spacial score (nSPS) is 20.9. The number of hydrogen-bond acceptors (Lipinski definition) is 3. The third kappa shape index (κ3) is 3.37. The molecule has 1 aromatic rings. The number of nitrogens with one attached hydrogen (secondary N) is 1. The van der Waals surface area contributed by atoms with Crippen molar-refractivity contribution >= 4 is 11.6 Å². The summed E-state index contributed by atoms with van der Waals surface area (Å²) in [5.74, 6) is 1.23. The van der Waals surface area contributed by atoms with E-state index in [4.69, 9.17) is 21.1 Å². The fourth-order valence-corrected chi connectivity index (χ4v) is 2.57. The summed E-state index contributed by atoms with van der Waals surface area (Å²) < 4.78 is 11.3. The van der Waals surface area contributed by atoms with Gasteiger partial charge in [-0.3, -0.25) is 0 Å². The summed E-state index contributed by atoms with van der Waals surface area (Å²) in [6, 6.07) is 5.87. The van der Waals surface area contributed by atoms with Crippen LogP contribution in [-0.4, -0.2) is 32.9 Å². The first-order valence-electron chi connectivity index (χ1n) is 6.33. The van der Waals surface area contributed by atoms with Crippen molar-refractivity contribution in [3.8, 4) is 5.75 Å². The summed E-state index contributed by atoms with van der Waals surface area (Å²) in [6.07, 6.45) is 1.18. The van der Waals surface area contributed by atoms with E-state index in [2.05, 4.69) is 5.32 Å². The van der Waals surface area contributed by atoms with Crippen LogP contribution in [0.15, 0.2) is 18.2 Å². The average Bonchev–Trinajstić information content (AvgIpc) is 2.85. The molecule has 18 heavy (non-hydrogen) atoms. The third-order valence-electron chi connectivity index (χ3n) is 3.32. The monoisotopic (exact) mass is 269 g/mol. The molecule has 0 unspecified atom stereocenters. The molecule has 0 amide bonds. The second kappa shape index (κ2) is 6.41. The lowest BCUT2D eigenvalue weighted by molar-refractivity contribution is 0.0483. The molecule has 0 radical (unpaired) electrons. The zero-order valence-electron chi connectivity index (χ0n) is 10.9. The van der Waals surface area contributed by atoms with Crippen molar-refractivity contribution in [3.63, 3.8) is 0 Å². The second-order valence-corrected chi connectivity index (χ2v) is 5.21. The number of ether oxygens (including phenoxy) is 2. The number of hydrogen-bond donors (Lipinski definition) is 1. The Bertz CT molecular complexity index is 391. The van der Waals surface area contributed by atoms with E-state index in [1.54, 1.807) is 7.11 Å². The lowest BCUT2D eigenvalue weighted by Gasteiger charge is -2.24. The maximum atomic E-state index is 6.20. The molecule has 1 aliphatic heterocycles. The minimum absolute atomic E-state index is 0.0604. The molecular weight excluding hydrogens is 250 g/mol. The molecule has 0 aliphatic carbocycles. The molecule has 1 aliphatic rings. The van der Waals surface area contributed by atoms with E-state index in [-0.39, 0.29) is 6.10 Å². The van der Waals surface area contributed by atoms with Crippen LogP contribution in [0.1, 0.15) is 12.0 Å². The molecule has 0 aromatic heterocycles. The van der Waals surface area contributed by atoms with Crippen LogP contribution in [-0.2, 0) is 4.74 Å². The van der Waals surface area contributed by atoms with Gasteiger partial charge in [-0.25, -0.2) is 0 Å². The highest BCUT2D eigenvalue weighted by Gasteiger charge is 2.27. The molecule has 100 valence electrons. The zero-order valence-corrected chi connectivity index (χ0v) is 11.7. The van der Waals surface area contributed by atoms with Crippen molar-refractivity contribution < 1.29 is 9.47 Å². The van der Waals surface area contributed by atoms with Gasteiger partial charge in [0.05, 0.1) is 11.6 Å². The molecule has 0 saturated carbocycles. The molecule has 1 saturated heterocycles. The predicted molar refractivity (Wildman–Crippen MR) is 73.5 cm³/mol. The van der Waals surface area contributed by atoms with Gasteiger partial charge < -0.3 is 14.8 Å². The van der Waals surface area contributed by atoms with Crippen molar-refractivity contribution in [2.24, 2.45) is 5.92 Å². The Kier molecular flexibility index (Phi) is 4.87. The molecule has 2 atom stereocenters. The van der Waals surface area contributed by atoms with Gasteiger partial charge in [0.15, 0.2) is 0 Å². The molecule has 0 spiro atoms. The van der Waals surface area contributed by atoms with Crippen molar-refractivity contribution in [2.45, 2.75) is 19.4 Å². The number of methoxy groups -OCH3 is 1. The van der Waals surface area contributed by atoms with Gasteiger partial charge in [0.1, 0.15) is 11.9 Å². The minimum Gasteiger partial charge on any atom is -0.486 e. The highest BCUT2D eigenvalue weighted by molar-refractivity contribution is 6.32. The average molecular weight is 270 g/mol. The van der Waals surface area contributed by atoms with Crippen molar-refractivity contribution in [3.05, 3.63) is 28.8 Å². The smallest absolute Gasteiger partial charge is 0.138 e. The van der Waals surface area contributed by atoms with Crippen LogP contribution in [0.5, 0.6) is 5.75 Å². The van der Waals surface area contributed by atoms with Crippen LogP contribution in [0.4, 0.5) is 0 Å². The first kappa shape index (κ1) is 13.7. The Labute approximate surface area is 113 Å². The van der Waals surface area contributed by atoms with Gasteiger partial charge >= 0.3 is 0 Å². The molecule has 0 bridgehead atoms. The Morgan fingerprint density at radius 2 is 2.33 bits per heavy atom. The maximum absolute atomic E-state index is 6.20. The molecule has 1 heterocycles. The number of benzene rings is 1. The second-order valence-electron chi connectivity index (χ2n) is 4.80. The van der Waals surface area contributed by atoms with Crippen LogP contribution in [0.3, 0.4) is 0 Å². The van der Waals surface area contributed by atoms with E-state index in [0.717, 1.165) is 30.8 Å². The fraction of sp³-hybridized carbons (Fsp3) is 0.571. The van der Waals surface area contributed by atoms with Crippen LogP contribution in [0, 0.1) is 12.8 Å². The summed E-state index contributed by atoms with van der Waals surface area (Å²) in [6.45, 7) is 4.65. The van der Waals surface area contributed by atoms with Crippen molar-refractivity contribution in [1.29, 1.82) is 0 Å². The zero-order chi connectivity index (χ0) is 13.0. The Balaban J connectivity index is 2.07. The molecule has 4 heteroatoms. The quantitative estimate of drug-likeness (QED) is 0.891. The summed E-state index contributed by atoms with van der Waals surface area (Å²) in [4.78, 5) is 0. The topological polar surface area (TPSA) is 30.5 Å². The van der Waals surface area contributed by atoms with E-state index >= 15 is 0 Å².